The molecule has 3 N–H and O–H groups in total. The molecule has 2 aromatic rings. The minimum atomic E-state index is -0.716. The van der Waals surface area contributed by atoms with E-state index in [1.54, 1.807) is 12.3 Å². The highest BCUT2D eigenvalue weighted by molar-refractivity contribution is 6.27. The maximum Gasteiger partial charge on any atom is 0.259 e. The fraction of sp³-hybridized carbons (Fsp3) is 0.469. The van der Waals surface area contributed by atoms with Crippen molar-refractivity contribution >= 4 is 46.3 Å². The third-order valence-electron chi connectivity index (χ3n) is 9.59. The molecule has 4 amide bonds. The second kappa shape index (κ2) is 11.0. The van der Waals surface area contributed by atoms with Gasteiger partial charge in [0.1, 0.15) is 11.6 Å². The van der Waals surface area contributed by atoms with Crippen LogP contribution in [0.3, 0.4) is 0 Å². The van der Waals surface area contributed by atoms with E-state index in [0.717, 1.165) is 54.0 Å². The van der Waals surface area contributed by atoms with Crippen molar-refractivity contribution in [2.24, 2.45) is 10.7 Å². The third-order valence-corrected chi connectivity index (χ3v) is 9.59. The number of benzene rings is 2. The predicted octanol–water partition coefficient (Wildman–Crippen LogP) is 2.54. The highest BCUT2D eigenvalue weighted by Gasteiger charge is 2.48. The SMILES string of the molecule is CN(C)C1(C(=O)N2CCC(N=CC(=CN)Cc3ccc4c5c(cccc35)C(=O)N4C3CCC(=O)NC3=O)CC2)CCC1. The van der Waals surface area contributed by atoms with Crippen molar-refractivity contribution in [3.05, 3.63) is 53.2 Å². The van der Waals surface area contributed by atoms with Gasteiger partial charge in [0.05, 0.1) is 11.7 Å². The normalized spacial score (nSPS) is 22.8. The lowest BCUT2D eigenvalue weighted by molar-refractivity contribution is -0.150. The number of hydrogen-bond donors (Lipinski definition) is 2. The Bertz CT molecular complexity index is 1520. The molecule has 1 saturated carbocycles. The quantitative estimate of drug-likeness (QED) is 0.389. The van der Waals surface area contributed by atoms with E-state index >= 15 is 0 Å². The zero-order valence-electron chi connectivity index (χ0n) is 24.3. The maximum absolute atomic E-state index is 13.4. The van der Waals surface area contributed by atoms with Crippen molar-refractivity contribution in [2.75, 3.05) is 32.1 Å². The van der Waals surface area contributed by atoms with Gasteiger partial charge in [0.15, 0.2) is 0 Å². The number of carbonyl (C=O) groups is 4. The Morgan fingerprint density at radius 1 is 1.12 bits per heavy atom. The number of amides is 4. The minimum Gasteiger partial charge on any atom is -0.404 e. The Kier molecular flexibility index (Phi) is 7.34. The van der Waals surface area contributed by atoms with Crippen LogP contribution in [0, 0.1) is 0 Å². The molecule has 3 heterocycles. The summed E-state index contributed by atoms with van der Waals surface area (Å²) in [6.07, 6.45) is 9.07. The van der Waals surface area contributed by atoms with E-state index in [4.69, 9.17) is 10.7 Å². The summed E-state index contributed by atoms with van der Waals surface area (Å²) < 4.78 is 0. The van der Waals surface area contributed by atoms with E-state index in [1.807, 2.05) is 49.5 Å². The molecule has 10 nitrogen and oxygen atoms in total. The van der Waals surface area contributed by atoms with Crippen molar-refractivity contribution in [1.29, 1.82) is 0 Å². The van der Waals surface area contributed by atoms with Crippen molar-refractivity contribution in [3.8, 4) is 0 Å². The Morgan fingerprint density at radius 2 is 1.88 bits per heavy atom. The van der Waals surface area contributed by atoms with Crippen LogP contribution >= 0.6 is 0 Å². The van der Waals surface area contributed by atoms with E-state index in [-0.39, 0.29) is 35.7 Å². The first-order valence-corrected chi connectivity index (χ1v) is 14.9. The number of piperidine rings is 2. The fourth-order valence-electron chi connectivity index (χ4n) is 6.90. The van der Waals surface area contributed by atoms with Gasteiger partial charge in [-0.1, -0.05) is 18.2 Å². The van der Waals surface area contributed by atoms with Gasteiger partial charge in [0, 0.05) is 43.1 Å². The lowest BCUT2D eigenvalue weighted by Crippen LogP contribution is -2.62. The topological polar surface area (TPSA) is 128 Å². The lowest BCUT2D eigenvalue weighted by atomic mass is 9.74. The van der Waals surface area contributed by atoms with E-state index < -0.39 is 11.9 Å². The Morgan fingerprint density at radius 3 is 2.52 bits per heavy atom. The van der Waals surface area contributed by atoms with Crippen molar-refractivity contribution in [1.82, 2.24) is 15.1 Å². The van der Waals surface area contributed by atoms with E-state index in [9.17, 15) is 19.2 Å². The number of nitrogens with one attached hydrogen (secondary N) is 1. The van der Waals surface area contributed by atoms with Gasteiger partial charge in [-0.2, -0.15) is 0 Å². The molecule has 220 valence electrons. The number of imide groups is 1. The number of anilines is 1. The number of rotatable bonds is 7. The molecular formula is C32H38N6O4. The van der Waals surface area contributed by atoms with Crippen LogP contribution < -0.4 is 16.0 Å². The summed E-state index contributed by atoms with van der Waals surface area (Å²) in [5, 5.41) is 4.11. The highest BCUT2D eigenvalue weighted by atomic mass is 16.2. The van der Waals surface area contributed by atoms with Crippen LogP contribution in [0.25, 0.3) is 10.8 Å². The highest BCUT2D eigenvalue weighted by Crippen LogP contribution is 2.41. The Balaban J connectivity index is 1.15. The first-order valence-electron chi connectivity index (χ1n) is 14.9. The van der Waals surface area contributed by atoms with Crippen LogP contribution in [-0.2, 0) is 20.8 Å². The largest absolute Gasteiger partial charge is 0.404 e. The molecule has 42 heavy (non-hydrogen) atoms. The molecule has 0 radical (unpaired) electrons. The molecule has 2 aromatic carbocycles. The van der Waals surface area contributed by atoms with Crippen molar-refractivity contribution in [3.63, 3.8) is 0 Å². The van der Waals surface area contributed by atoms with Crippen LogP contribution in [0.5, 0.6) is 0 Å². The molecule has 4 aliphatic rings. The number of allylic oxidation sites excluding steroid dienone is 1. The van der Waals surface area contributed by atoms with Crippen molar-refractivity contribution in [2.45, 2.75) is 69.0 Å². The molecule has 0 spiro atoms. The average molecular weight is 571 g/mol. The fourth-order valence-corrected chi connectivity index (χ4v) is 6.90. The smallest absolute Gasteiger partial charge is 0.259 e. The zero-order chi connectivity index (χ0) is 29.6. The molecule has 0 bridgehead atoms. The number of likely N-dealkylation sites (N-methyl/N-ethyl adjacent to an activating group) is 1. The summed E-state index contributed by atoms with van der Waals surface area (Å²) >= 11 is 0. The van der Waals surface area contributed by atoms with Gasteiger partial charge in [-0.3, -0.25) is 39.3 Å². The van der Waals surface area contributed by atoms with Gasteiger partial charge in [-0.15, -0.1) is 0 Å². The molecule has 1 unspecified atom stereocenters. The number of likely N-dealkylation sites (tertiary alicyclic amines) is 1. The molecule has 6 rings (SSSR count). The molecule has 3 fully saturated rings. The zero-order valence-corrected chi connectivity index (χ0v) is 24.3. The summed E-state index contributed by atoms with van der Waals surface area (Å²) in [6.45, 7) is 1.43. The lowest BCUT2D eigenvalue weighted by Gasteiger charge is -2.48. The van der Waals surface area contributed by atoms with Crippen LogP contribution in [0.15, 0.2) is 47.1 Å². The number of hydrogen-bond acceptors (Lipinski definition) is 7. The number of aliphatic imine (C=N–C) groups is 1. The van der Waals surface area contributed by atoms with Crippen LogP contribution in [0.4, 0.5) is 5.69 Å². The summed E-state index contributed by atoms with van der Waals surface area (Å²) in [6, 6.07) is 8.90. The molecule has 1 atom stereocenters. The average Bonchev–Trinajstić information content (AvgIpc) is 3.24. The van der Waals surface area contributed by atoms with Crippen LogP contribution in [0.1, 0.15) is 60.9 Å². The van der Waals surface area contributed by atoms with Gasteiger partial charge in [0.25, 0.3) is 5.91 Å². The molecule has 0 aromatic heterocycles. The first kappa shape index (κ1) is 28.1. The monoisotopic (exact) mass is 570 g/mol. The van der Waals surface area contributed by atoms with Gasteiger partial charge in [0.2, 0.25) is 17.7 Å². The maximum atomic E-state index is 13.4. The van der Waals surface area contributed by atoms with Crippen LogP contribution in [-0.4, -0.2) is 84.5 Å². The molecule has 2 saturated heterocycles. The number of nitrogens with zero attached hydrogens (tertiary/aromatic N) is 4. The molecular weight excluding hydrogens is 532 g/mol. The van der Waals surface area contributed by atoms with E-state index in [0.29, 0.717) is 37.2 Å². The van der Waals surface area contributed by atoms with Gasteiger partial charge < -0.3 is 10.6 Å². The number of nitrogens with two attached hydrogens (primary N) is 1. The van der Waals surface area contributed by atoms with Gasteiger partial charge >= 0.3 is 0 Å². The van der Waals surface area contributed by atoms with Gasteiger partial charge in [-0.05, 0) is 87.5 Å². The van der Waals surface area contributed by atoms with E-state index in [1.165, 1.54) is 4.90 Å². The Labute approximate surface area is 245 Å². The summed E-state index contributed by atoms with van der Waals surface area (Å²) in [4.78, 5) is 61.5. The summed E-state index contributed by atoms with van der Waals surface area (Å²) in [7, 11) is 4.01. The summed E-state index contributed by atoms with van der Waals surface area (Å²) in [5.41, 5.74) is 8.82. The minimum absolute atomic E-state index is 0.133. The summed E-state index contributed by atoms with van der Waals surface area (Å²) in [5.74, 6) is -0.721. The Hall–Kier alpha value is -4.05. The standard InChI is InChI=1S/C32H38N6O4/c1-36(2)32(13-4-14-32)31(42)37-15-11-22(12-16-37)34-19-20(18-33)17-21-7-8-25-28-23(21)5-3-6-24(28)30(41)38(25)26-9-10-27(39)35-29(26)40/h3,5-8,18-19,22,26H,4,9-17,33H2,1-2H3,(H,35,39,40). The molecule has 1 aliphatic carbocycles. The second-order valence-corrected chi connectivity index (χ2v) is 12.1. The molecule has 10 heteroatoms. The van der Waals surface area contributed by atoms with Crippen molar-refractivity contribution < 1.29 is 19.2 Å². The van der Waals surface area contributed by atoms with E-state index in [2.05, 4.69) is 10.2 Å². The molecule has 3 aliphatic heterocycles. The third kappa shape index (κ3) is 4.67. The number of carbonyl (C=O) groups excluding carboxylic acids is 4. The predicted molar refractivity (Wildman–Crippen MR) is 161 cm³/mol. The first-order chi connectivity index (χ1) is 20.2. The second-order valence-electron chi connectivity index (χ2n) is 12.1. The van der Waals surface area contributed by atoms with Gasteiger partial charge in [-0.25, -0.2) is 0 Å². The van der Waals surface area contributed by atoms with Crippen LogP contribution in [0.2, 0.25) is 0 Å².